The molecule has 1 aliphatic heterocycles. The molecule has 43 heavy (non-hydrogen) atoms. The van der Waals surface area contributed by atoms with E-state index in [0.29, 0.717) is 6.42 Å². The van der Waals surface area contributed by atoms with Crippen LogP contribution < -0.4 is 4.74 Å². The minimum atomic E-state index is -0.769. The molecule has 2 fully saturated rings. The van der Waals surface area contributed by atoms with Gasteiger partial charge in [0.05, 0.1) is 32.9 Å². The summed E-state index contributed by atoms with van der Waals surface area (Å²) in [5, 5.41) is 12.6. The molecule has 3 amide bonds. The van der Waals surface area contributed by atoms with Crippen molar-refractivity contribution in [2.75, 3.05) is 6.54 Å². The van der Waals surface area contributed by atoms with E-state index in [4.69, 9.17) is 16.3 Å². The van der Waals surface area contributed by atoms with Crippen LogP contribution in [0, 0.1) is 33.8 Å². The van der Waals surface area contributed by atoms with Crippen molar-refractivity contribution in [2.45, 2.75) is 6.42 Å². The average Bonchev–Trinajstić information content (AvgIpc) is 3.70. The van der Waals surface area contributed by atoms with E-state index < -0.39 is 52.8 Å². The molecule has 0 N–H and O–H groups in total. The van der Waals surface area contributed by atoms with Gasteiger partial charge in [-0.15, -0.1) is 0 Å². The Morgan fingerprint density at radius 1 is 0.884 bits per heavy atom. The minimum absolute atomic E-state index is 0.0317. The Kier molecular flexibility index (Phi) is 7.10. The highest BCUT2D eigenvalue weighted by molar-refractivity contribution is 6.34. The molecular formula is C31H22ClN3O8. The lowest BCUT2D eigenvalue weighted by Gasteiger charge is -2.31. The van der Waals surface area contributed by atoms with Crippen LogP contribution in [0.25, 0.3) is 0 Å². The van der Waals surface area contributed by atoms with Gasteiger partial charge >= 0.3 is 5.97 Å². The van der Waals surface area contributed by atoms with Crippen LogP contribution in [0.2, 0.25) is 5.02 Å². The van der Waals surface area contributed by atoms with Crippen LogP contribution in [0.1, 0.15) is 37.5 Å². The number of benzene rings is 3. The molecule has 6 rings (SSSR count). The van der Waals surface area contributed by atoms with Crippen molar-refractivity contribution in [1.29, 1.82) is 0 Å². The molecule has 0 spiro atoms. The first kappa shape index (κ1) is 28.0. The number of nitrogens with zero attached hydrogens (tertiary/aromatic N) is 3. The number of hydrazine groups is 1. The predicted octanol–water partition coefficient (Wildman–Crippen LogP) is 4.51. The normalized spacial score (nSPS) is 21.6. The fourth-order valence-corrected chi connectivity index (χ4v) is 6.17. The second-order valence-electron chi connectivity index (χ2n) is 10.5. The number of ketones is 1. The molecule has 0 unspecified atom stereocenters. The number of fused-ring (bicyclic) bond motifs is 5. The number of non-ortho nitro benzene ring substituents is 1. The summed E-state index contributed by atoms with van der Waals surface area (Å²) in [6.45, 7) is -0.619. The molecule has 1 heterocycles. The van der Waals surface area contributed by atoms with Gasteiger partial charge in [-0.1, -0.05) is 35.9 Å². The summed E-state index contributed by atoms with van der Waals surface area (Å²) < 4.78 is 5.30. The van der Waals surface area contributed by atoms with Gasteiger partial charge in [0.15, 0.2) is 5.78 Å². The van der Waals surface area contributed by atoms with E-state index in [9.17, 15) is 34.1 Å². The second-order valence-corrected chi connectivity index (χ2v) is 10.9. The largest absolute Gasteiger partial charge is 0.423 e. The Balaban J connectivity index is 1.22. The van der Waals surface area contributed by atoms with E-state index in [0.717, 1.165) is 10.0 Å². The van der Waals surface area contributed by atoms with Crippen molar-refractivity contribution in [3.63, 3.8) is 0 Å². The molecule has 2 bridgehead atoms. The number of amides is 3. The number of nitro groups is 1. The number of carbonyl (C=O) groups excluding carboxylic acids is 5. The van der Waals surface area contributed by atoms with Crippen LogP contribution >= 0.6 is 11.6 Å². The zero-order valence-corrected chi connectivity index (χ0v) is 23.0. The molecule has 1 saturated carbocycles. The Bertz CT molecular complexity index is 1690. The van der Waals surface area contributed by atoms with Crippen molar-refractivity contribution in [3.8, 4) is 5.75 Å². The van der Waals surface area contributed by atoms with Gasteiger partial charge in [0.2, 0.25) is 0 Å². The van der Waals surface area contributed by atoms with Crippen LogP contribution in [0.3, 0.4) is 0 Å². The Morgan fingerprint density at radius 2 is 1.47 bits per heavy atom. The fraction of sp³-hybridized carbons (Fsp3) is 0.194. The number of ether oxygens (including phenoxy) is 1. The van der Waals surface area contributed by atoms with Crippen LogP contribution in [-0.4, -0.2) is 51.0 Å². The maximum atomic E-state index is 13.7. The number of allylic oxidation sites excluding steroid dienone is 2. The fourth-order valence-electron chi connectivity index (χ4n) is 5.95. The highest BCUT2D eigenvalue weighted by Crippen LogP contribution is 2.52. The molecule has 1 saturated heterocycles. The summed E-state index contributed by atoms with van der Waals surface area (Å²) in [6.07, 6.45) is 4.57. The van der Waals surface area contributed by atoms with Crippen molar-refractivity contribution in [1.82, 2.24) is 10.0 Å². The number of halogens is 1. The van der Waals surface area contributed by atoms with Gasteiger partial charge in [0.25, 0.3) is 23.4 Å². The summed E-state index contributed by atoms with van der Waals surface area (Å²) in [4.78, 5) is 76.9. The van der Waals surface area contributed by atoms with Crippen molar-refractivity contribution < 1.29 is 33.6 Å². The third-order valence-electron chi connectivity index (χ3n) is 8.02. The second kappa shape index (κ2) is 10.9. The Labute approximate surface area is 249 Å². The molecule has 3 aliphatic rings. The average molecular weight is 600 g/mol. The first-order chi connectivity index (χ1) is 20.6. The Morgan fingerprint density at radius 3 is 2.05 bits per heavy atom. The quantitative estimate of drug-likeness (QED) is 0.0699. The number of esters is 1. The van der Waals surface area contributed by atoms with Crippen LogP contribution in [0.15, 0.2) is 84.9 Å². The summed E-state index contributed by atoms with van der Waals surface area (Å²) in [6, 6.07) is 16.6. The lowest BCUT2D eigenvalue weighted by Crippen LogP contribution is -2.52. The lowest BCUT2D eigenvalue weighted by molar-refractivity contribution is -0.384. The number of hydrogen-bond acceptors (Lipinski definition) is 8. The molecule has 3 aromatic carbocycles. The molecular weight excluding hydrogens is 578 g/mol. The van der Waals surface area contributed by atoms with Crippen LogP contribution in [0.4, 0.5) is 5.69 Å². The van der Waals surface area contributed by atoms with E-state index in [2.05, 4.69) is 0 Å². The first-order valence-electron chi connectivity index (χ1n) is 13.4. The zero-order chi connectivity index (χ0) is 30.4. The number of nitro benzene ring substituents is 1. The lowest BCUT2D eigenvalue weighted by atomic mass is 9.85. The number of rotatable bonds is 8. The standard InChI is InChI=1S/C31H22ClN3O8/c32-24-4-2-1-3-23(24)28(37)33(34-29(38)26-19-5-6-20(15-19)27(26)30(34)39)16-25(36)17-9-13-22(14-10-17)43-31(40)18-7-11-21(12-8-18)35(41)42/h1-14,19-20,26-27H,15-16H2/t19-,20-,26-,27-/m0/s1. The molecule has 11 nitrogen and oxygen atoms in total. The van der Waals surface area contributed by atoms with E-state index in [1.54, 1.807) is 12.1 Å². The SMILES string of the molecule is O=C(CN(C(=O)c1ccccc1Cl)N1C(=O)[C@@H]2[C@@H](C1=O)[C@H]1C=C[C@H]2C1)c1ccc(OC(=O)c2ccc([N+](=O)[O-])cc2)cc1. The first-order valence-corrected chi connectivity index (χ1v) is 13.7. The van der Waals surface area contributed by atoms with Gasteiger partial charge < -0.3 is 4.74 Å². The summed E-state index contributed by atoms with van der Waals surface area (Å²) in [5.74, 6) is -4.39. The van der Waals surface area contributed by atoms with Crippen LogP contribution in [0.5, 0.6) is 5.75 Å². The number of Topliss-reactive ketones (excluding diaryl/α,β-unsaturated/α-hetero) is 1. The molecule has 12 heteroatoms. The van der Waals surface area contributed by atoms with E-state index in [1.165, 1.54) is 60.7 Å². The topological polar surface area (TPSA) is 144 Å². The van der Waals surface area contributed by atoms with Gasteiger partial charge in [0, 0.05) is 17.7 Å². The van der Waals surface area contributed by atoms with Gasteiger partial charge in [-0.3, -0.25) is 29.3 Å². The molecule has 2 aliphatic carbocycles. The summed E-state index contributed by atoms with van der Waals surface area (Å²) in [5.41, 5.74) is 0.0798. The highest BCUT2D eigenvalue weighted by Gasteiger charge is 2.61. The molecule has 3 aromatic rings. The minimum Gasteiger partial charge on any atom is -0.423 e. The highest BCUT2D eigenvalue weighted by atomic mass is 35.5. The van der Waals surface area contributed by atoms with Crippen molar-refractivity contribution in [3.05, 3.63) is 117 Å². The third-order valence-corrected chi connectivity index (χ3v) is 8.35. The van der Waals surface area contributed by atoms with E-state index in [-0.39, 0.29) is 45.0 Å². The van der Waals surface area contributed by atoms with Gasteiger partial charge in [0.1, 0.15) is 12.3 Å². The summed E-state index contributed by atoms with van der Waals surface area (Å²) in [7, 11) is 0. The van der Waals surface area contributed by atoms with Gasteiger partial charge in [-0.05, 0) is 66.8 Å². The molecule has 0 radical (unpaired) electrons. The molecule has 216 valence electrons. The monoisotopic (exact) mass is 599 g/mol. The van der Waals surface area contributed by atoms with Gasteiger partial charge in [-0.2, -0.15) is 5.01 Å². The van der Waals surface area contributed by atoms with E-state index in [1.807, 2.05) is 12.2 Å². The van der Waals surface area contributed by atoms with Crippen molar-refractivity contribution in [2.24, 2.45) is 23.7 Å². The smallest absolute Gasteiger partial charge is 0.343 e. The number of hydrogen-bond donors (Lipinski definition) is 0. The predicted molar refractivity (Wildman–Crippen MR) is 151 cm³/mol. The zero-order valence-electron chi connectivity index (χ0n) is 22.3. The Hall–Kier alpha value is -5.16. The number of imide groups is 1. The van der Waals surface area contributed by atoms with E-state index >= 15 is 0 Å². The summed E-state index contributed by atoms with van der Waals surface area (Å²) >= 11 is 6.27. The molecule has 0 aromatic heterocycles. The number of carbonyl (C=O) groups is 5. The maximum absolute atomic E-state index is 13.7. The van der Waals surface area contributed by atoms with Crippen molar-refractivity contribution >= 4 is 46.8 Å². The van der Waals surface area contributed by atoms with Gasteiger partial charge in [-0.25, -0.2) is 9.80 Å². The van der Waals surface area contributed by atoms with Crippen LogP contribution in [-0.2, 0) is 9.59 Å². The molecule has 4 atom stereocenters. The maximum Gasteiger partial charge on any atom is 0.343 e. The third kappa shape index (κ3) is 4.97.